The molecule has 0 fully saturated rings. The molecule has 0 aliphatic heterocycles. The van der Waals surface area contributed by atoms with Crippen LogP contribution in [-0.2, 0) is 14.3 Å². The number of thiophene rings is 1. The highest BCUT2D eigenvalue weighted by Gasteiger charge is 2.26. The molecular weight excluding hydrogens is 534 g/mol. The zero-order chi connectivity index (χ0) is 29.7. The number of hydrogen-bond donors (Lipinski definition) is 4. The maximum absolute atomic E-state index is 13.2. The third-order valence-electron chi connectivity index (χ3n) is 5.14. The topological polar surface area (TPSA) is 143 Å². The Bertz CT molecular complexity index is 1370. The van der Waals surface area contributed by atoms with Crippen LogP contribution in [0, 0.1) is 0 Å². The molecule has 3 amide bonds. The maximum atomic E-state index is 13.2. The molecule has 0 saturated heterocycles. The van der Waals surface area contributed by atoms with Gasteiger partial charge in [0.05, 0.1) is 11.4 Å². The molecule has 212 valence electrons. The first-order chi connectivity index (χ1) is 18.6. The summed E-state index contributed by atoms with van der Waals surface area (Å²) in [6.07, 6.45) is -1.55. The van der Waals surface area contributed by atoms with E-state index in [9.17, 15) is 24.3 Å². The normalized spacial score (nSPS) is 12.2. The van der Waals surface area contributed by atoms with Crippen molar-refractivity contribution in [2.45, 2.75) is 58.8 Å². The first kappa shape index (κ1) is 30.2. The molecule has 3 rings (SSSR count). The van der Waals surface area contributed by atoms with E-state index in [-0.39, 0.29) is 11.1 Å². The molecule has 1 heterocycles. The van der Waals surface area contributed by atoms with E-state index in [4.69, 9.17) is 9.47 Å². The van der Waals surface area contributed by atoms with E-state index in [1.54, 1.807) is 53.7 Å². The fraction of sp³-hybridized carbons (Fsp3) is 0.310. The zero-order valence-electron chi connectivity index (χ0n) is 23.2. The van der Waals surface area contributed by atoms with Crippen molar-refractivity contribution in [3.8, 4) is 10.4 Å². The molecule has 1 aromatic heterocycles. The van der Waals surface area contributed by atoms with Crippen molar-refractivity contribution in [3.05, 3.63) is 71.1 Å². The molecular formula is C29H33N3O7S. The number of carbonyl (C=O) groups is 4. The van der Waals surface area contributed by atoms with E-state index in [0.717, 1.165) is 4.88 Å². The summed E-state index contributed by atoms with van der Waals surface area (Å²) in [6.45, 7) is 10.3. The van der Waals surface area contributed by atoms with Gasteiger partial charge in [0.1, 0.15) is 11.2 Å². The van der Waals surface area contributed by atoms with E-state index in [1.165, 1.54) is 35.6 Å². The minimum Gasteiger partial charge on any atom is -0.479 e. The molecule has 0 unspecified atom stereocenters. The summed E-state index contributed by atoms with van der Waals surface area (Å²) in [5.41, 5.74) is 0.382. The molecule has 2 aromatic carbocycles. The van der Waals surface area contributed by atoms with Gasteiger partial charge in [-0.1, -0.05) is 30.3 Å². The minimum atomic E-state index is -1.38. The number of carboxylic acid groups (broad SMARTS) is 1. The zero-order valence-corrected chi connectivity index (χ0v) is 24.0. The van der Waals surface area contributed by atoms with Gasteiger partial charge in [0.2, 0.25) is 0 Å². The Morgan fingerprint density at radius 3 is 1.98 bits per heavy atom. The quantitative estimate of drug-likeness (QED) is 0.250. The lowest BCUT2D eigenvalue weighted by atomic mass is 10.0. The first-order valence-electron chi connectivity index (χ1n) is 12.4. The fourth-order valence-corrected chi connectivity index (χ4v) is 4.33. The summed E-state index contributed by atoms with van der Waals surface area (Å²) in [7, 11) is 0. The van der Waals surface area contributed by atoms with Crippen LogP contribution >= 0.6 is 11.3 Å². The third kappa shape index (κ3) is 8.57. The highest BCUT2D eigenvalue weighted by molar-refractivity contribution is 7.13. The Labute approximate surface area is 236 Å². The van der Waals surface area contributed by atoms with Crippen LogP contribution in [0.3, 0.4) is 0 Å². The van der Waals surface area contributed by atoms with Gasteiger partial charge in [0.15, 0.2) is 6.04 Å². The van der Waals surface area contributed by atoms with E-state index in [2.05, 4.69) is 16.0 Å². The van der Waals surface area contributed by atoms with Crippen molar-refractivity contribution in [1.82, 2.24) is 5.32 Å². The monoisotopic (exact) mass is 567 g/mol. The van der Waals surface area contributed by atoms with Crippen LogP contribution in [0.5, 0.6) is 0 Å². The lowest BCUT2D eigenvalue weighted by Gasteiger charge is -2.22. The van der Waals surface area contributed by atoms with Gasteiger partial charge in [-0.3, -0.25) is 10.1 Å². The molecule has 0 radical (unpaired) electrons. The number of carboxylic acids is 1. The van der Waals surface area contributed by atoms with Crippen LogP contribution in [0.4, 0.5) is 21.0 Å². The van der Waals surface area contributed by atoms with Crippen molar-refractivity contribution in [2.24, 2.45) is 0 Å². The van der Waals surface area contributed by atoms with Gasteiger partial charge < -0.3 is 25.2 Å². The van der Waals surface area contributed by atoms with Gasteiger partial charge in [-0.05, 0) is 76.8 Å². The Kier molecular flexibility index (Phi) is 9.21. The van der Waals surface area contributed by atoms with Crippen molar-refractivity contribution < 1.29 is 33.8 Å². The Hall–Kier alpha value is -4.38. The van der Waals surface area contributed by atoms with Crippen LogP contribution in [0.15, 0.2) is 60.0 Å². The number of amides is 3. The number of alkyl carbamates (subject to hydrolysis) is 1. The summed E-state index contributed by atoms with van der Waals surface area (Å²) in [5.74, 6) is -1.78. The van der Waals surface area contributed by atoms with Crippen LogP contribution in [0.2, 0.25) is 0 Å². The number of ether oxygens (including phenoxy) is 2. The van der Waals surface area contributed by atoms with Crippen molar-refractivity contribution in [1.29, 1.82) is 0 Å². The van der Waals surface area contributed by atoms with Gasteiger partial charge in [-0.25, -0.2) is 14.4 Å². The fourth-order valence-electron chi connectivity index (χ4n) is 3.57. The second-order valence-electron chi connectivity index (χ2n) is 10.8. The number of nitrogens with one attached hydrogen (secondary N) is 3. The number of para-hydroxylation sites is 1. The molecule has 11 heteroatoms. The summed E-state index contributed by atoms with van der Waals surface area (Å²) in [6, 6.07) is 13.4. The van der Waals surface area contributed by atoms with Gasteiger partial charge in [0.25, 0.3) is 5.91 Å². The predicted octanol–water partition coefficient (Wildman–Crippen LogP) is 6.66. The SMILES string of the molecule is CC(C)(C)OC(=O)Nc1c(NC(=O)c2ccc([C@H](NC(=O)OC(C)(C)C)C(=O)O)cc2)cccc1-c1cccs1. The molecule has 0 saturated carbocycles. The molecule has 0 bridgehead atoms. The minimum absolute atomic E-state index is 0.231. The average Bonchev–Trinajstić information content (AvgIpc) is 3.36. The molecule has 10 nitrogen and oxygen atoms in total. The number of aliphatic carboxylic acids is 1. The molecule has 0 spiro atoms. The van der Waals surface area contributed by atoms with Crippen molar-refractivity contribution in [2.75, 3.05) is 10.6 Å². The summed E-state index contributed by atoms with van der Waals surface area (Å²) < 4.78 is 10.6. The number of anilines is 2. The van der Waals surface area contributed by atoms with E-state index < -0.39 is 41.3 Å². The van der Waals surface area contributed by atoms with Crippen molar-refractivity contribution >= 4 is 46.8 Å². The third-order valence-corrected chi connectivity index (χ3v) is 6.04. The summed E-state index contributed by atoms with van der Waals surface area (Å²) >= 11 is 1.48. The van der Waals surface area contributed by atoms with Crippen LogP contribution < -0.4 is 16.0 Å². The smallest absolute Gasteiger partial charge is 0.412 e. The largest absolute Gasteiger partial charge is 0.479 e. The standard InChI is InChI=1S/C29H33N3O7S/c1-28(2,3)38-26(36)31-22(25(34)35)17-12-14-18(15-13-17)24(33)30-20-10-7-9-19(21-11-8-16-40-21)23(20)32-27(37)39-29(4,5)6/h7-16,22H,1-6H3,(H,30,33)(H,31,36)(H,32,37)(H,34,35)/t22-/m0/s1. The van der Waals surface area contributed by atoms with Gasteiger partial charge >= 0.3 is 18.2 Å². The number of rotatable bonds is 7. The predicted molar refractivity (Wildman–Crippen MR) is 154 cm³/mol. The van der Waals surface area contributed by atoms with E-state index in [0.29, 0.717) is 16.9 Å². The van der Waals surface area contributed by atoms with Crippen LogP contribution in [0.1, 0.15) is 63.5 Å². The first-order valence-corrected chi connectivity index (χ1v) is 13.3. The van der Waals surface area contributed by atoms with Crippen LogP contribution in [-0.4, -0.2) is 40.4 Å². The Morgan fingerprint density at radius 1 is 0.800 bits per heavy atom. The van der Waals surface area contributed by atoms with Gasteiger partial charge in [-0.15, -0.1) is 11.3 Å². The highest BCUT2D eigenvalue weighted by Crippen LogP contribution is 2.37. The lowest BCUT2D eigenvalue weighted by Crippen LogP contribution is -2.38. The maximum Gasteiger partial charge on any atom is 0.412 e. The highest BCUT2D eigenvalue weighted by atomic mass is 32.1. The molecule has 1 atom stereocenters. The number of benzene rings is 2. The Balaban J connectivity index is 1.84. The summed E-state index contributed by atoms with van der Waals surface area (Å²) in [5, 5.41) is 19.4. The number of hydrogen-bond acceptors (Lipinski definition) is 7. The summed E-state index contributed by atoms with van der Waals surface area (Å²) in [4.78, 5) is 50.6. The second kappa shape index (κ2) is 12.2. The second-order valence-corrected chi connectivity index (χ2v) is 11.8. The van der Waals surface area contributed by atoms with E-state index in [1.807, 2.05) is 23.6 Å². The molecule has 0 aliphatic rings. The molecule has 3 aromatic rings. The molecule has 40 heavy (non-hydrogen) atoms. The lowest BCUT2D eigenvalue weighted by molar-refractivity contribution is -0.139. The number of carbonyl (C=O) groups excluding carboxylic acids is 3. The van der Waals surface area contributed by atoms with E-state index >= 15 is 0 Å². The average molecular weight is 568 g/mol. The van der Waals surface area contributed by atoms with Crippen LogP contribution in [0.25, 0.3) is 10.4 Å². The Morgan fingerprint density at radius 2 is 1.43 bits per heavy atom. The van der Waals surface area contributed by atoms with Gasteiger partial charge in [-0.2, -0.15) is 0 Å². The molecule has 0 aliphatic carbocycles. The molecule has 4 N–H and O–H groups in total. The van der Waals surface area contributed by atoms with Gasteiger partial charge in [0, 0.05) is 16.0 Å². The van der Waals surface area contributed by atoms with Crippen molar-refractivity contribution in [3.63, 3.8) is 0 Å².